The Labute approximate surface area is 134 Å². The van der Waals surface area contributed by atoms with E-state index in [9.17, 15) is 0 Å². The van der Waals surface area contributed by atoms with Crippen molar-refractivity contribution in [2.24, 2.45) is 0 Å². The van der Waals surface area contributed by atoms with Gasteiger partial charge >= 0.3 is 0 Å². The molecular formula is C14H13Br2ClS. The van der Waals surface area contributed by atoms with Crippen LogP contribution in [0.5, 0.6) is 0 Å². The molecule has 1 unspecified atom stereocenters. The van der Waals surface area contributed by atoms with Gasteiger partial charge in [0.05, 0.1) is 12.9 Å². The van der Waals surface area contributed by atoms with Crippen LogP contribution in [0.15, 0.2) is 37.9 Å². The number of thiophene rings is 1. The molecule has 2 rings (SSSR count). The molecule has 18 heavy (non-hydrogen) atoms. The number of alkyl halides is 1. The molecule has 0 aliphatic rings. The lowest BCUT2D eigenvalue weighted by Crippen LogP contribution is -1.93. The van der Waals surface area contributed by atoms with Crippen LogP contribution in [-0.4, -0.2) is 0 Å². The predicted octanol–water partition coefficient (Wildman–Crippen LogP) is 6.55. The smallest absolute Gasteiger partial charge is 0.0854 e. The van der Waals surface area contributed by atoms with Gasteiger partial charge in [0.2, 0.25) is 0 Å². The highest BCUT2D eigenvalue weighted by molar-refractivity contribution is 9.12. The lowest BCUT2D eigenvalue weighted by atomic mass is 10.0. The van der Waals surface area contributed by atoms with E-state index in [-0.39, 0.29) is 5.38 Å². The predicted molar refractivity (Wildman–Crippen MR) is 87.9 cm³/mol. The summed E-state index contributed by atoms with van der Waals surface area (Å²) in [5.41, 5.74) is 3.63. The van der Waals surface area contributed by atoms with Gasteiger partial charge in [-0.3, -0.25) is 0 Å². The van der Waals surface area contributed by atoms with Crippen molar-refractivity contribution in [1.29, 1.82) is 0 Å². The van der Waals surface area contributed by atoms with Crippen LogP contribution in [0.3, 0.4) is 0 Å². The molecule has 0 saturated carbocycles. The molecule has 0 amide bonds. The lowest BCUT2D eigenvalue weighted by Gasteiger charge is -2.10. The number of benzene rings is 1. The van der Waals surface area contributed by atoms with Gasteiger partial charge in [0, 0.05) is 5.56 Å². The Hall–Kier alpha value is 0.170. The fourth-order valence-corrected chi connectivity index (χ4v) is 5.26. The molecule has 0 spiro atoms. The Morgan fingerprint density at radius 2 is 1.89 bits per heavy atom. The van der Waals surface area contributed by atoms with Crippen molar-refractivity contribution in [3.8, 4) is 0 Å². The summed E-state index contributed by atoms with van der Waals surface area (Å²) < 4.78 is 2.18. The van der Waals surface area contributed by atoms with E-state index in [0.717, 1.165) is 25.1 Å². The maximum atomic E-state index is 6.54. The lowest BCUT2D eigenvalue weighted by molar-refractivity contribution is 0.920. The van der Waals surface area contributed by atoms with E-state index in [1.54, 1.807) is 11.3 Å². The standard InChI is InChI=1S/C14H13Br2ClS/c1-2-3-9-4-6-10(7-5-9)13(17)11-8-12(15)18-14(11)16/h4-8,13H,2-3H2,1H3. The molecule has 1 aromatic carbocycles. The minimum atomic E-state index is -0.0994. The van der Waals surface area contributed by atoms with Gasteiger partial charge in [-0.1, -0.05) is 37.6 Å². The molecule has 0 aliphatic carbocycles. The normalized spacial score (nSPS) is 12.7. The van der Waals surface area contributed by atoms with Gasteiger partial charge in [-0.05, 0) is 55.5 Å². The first-order valence-electron chi connectivity index (χ1n) is 5.79. The fourth-order valence-electron chi connectivity index (χ4n) is 1.85. The average Bonchev–Trinajstić information content (AvgIpc) is 2.69. The second-order valence-electron chi connectivity index (χ2n) is 4.13. The number of halogens is 3. The summed E-state index contributed by atoms with van der Waals surface area (Å²) in [6, 6.07) is 10.7. The summed E-state index contributed by atoms with van der Waals surface area (Å²) in [5.74, 6) is 0. The van der Waals surface area contributed by atoms with E-state index in [0.29, 0.717) is 0 Å². The Morgan fingerprint density at radius 1 is 1.22 bits per heavy atom. The maximum absolute atomic E-state index is 6.54. The van der Waals surface area contributed by atoms with E-state index in [1.165, 1.54) is 12.0 Å². The first-order valence-corrected chi connectivity index (χ1v) is 8.63. The van der Waals surface area contributed by atoms with Crippen LogP contribution in [-0.2, 0) is 6.42 Å². The van der Waals surface area contributed by atoms with Gasteiger partial charge in [-0.25, -0.2) is 0 Å². The molecule has 0 saturated heterocycles. The van der Waals surface area contributed by atoms with Gasteiger partial charge < -0.3 is 0 Å². The summed E-state index contributed by atoms with van der Waals surface area (Å²) in [7, 11) is 0. The molecule has 2 aromatic rings. The van der Waals surface area contributed by atoms with E-state index >= 15 is 0 Å². The van der Waals surface area contributed by atoms with Crippen molar-refractivity contribution >= 4 is 54.8 Å². The highest BCUT2D eigenvalue weighted by atomic mass is 79.9. The molecule has 96 valence electrons. The Morgan fingerprint density at radius 3 is 2.39 bits per heavy atom. The molecule has 1 aromatic heterocycles. The van der Waals surface area contributed by atoms with Crippen molar-refractivity contribution in [2.45, 2.75) is 25.1 Å². The Balaban J connectivity index is 2.23. The number of hydrogen-bond donors (Lipinski definition) is 0. The number of aryl methyl sites for hydroxylation is 1. The highest BCUT2D eigenvalue weighted by Gasteiger charge is 2.16. The van der Waals surface area contributed by atoms with Crippen molar-refractivity contribution in [3.63, 3.8) is 0 Å². The Bertz CT molecular complexity index is 519. The highest BCUT2D eigenvalue weighted by Crippen LogP contribution is 2.40. The van der Waals surface area contributed by atoms with Crippen LogP contribution in [0.1, 0.15) is 35.4 Å². The summed E-state index contributed by atoms with van der Waals surface area (Å²) in [6.07, 6.45) is 2.30. The summed E-state index contributed by atoms with van der Waals surface area (Å²) in [6.45, 7) is 2.19. The molecule has 0 nitrogen and oxygen atoms in total. The van der Waals surface area contributed by atoms with E-state index in [1.807, 2.05) is 0 Å². The van der Waals surface area contributed by atoms with Gasteiger partial charge in [0.25, 0.3) is 0 Å². The Kier molecular flexibility index (Phi) is 5.31. The molecule has 0 bridgehead atoms. The van der Waals surface area contributed by atoms with Crippen LogP contribution >= 0.6 is 54.8 Å². The van der Waals surface area contributed by atoms with Crippen molar-refractivity contribution in [1.82, 2.24) is 0 Å². The second kappa shape index (κ2) is 6.56. The zero-order valence-electron chi connectivity index (χ0n) is 9.92. The molecule has 1 heterocycles. The van der Waals surface area contributed by atoms with Crippen molar-refractivity contribution < 1.29 is 0 Å². The van der Waals surface area contributed by atoms with Crippen LogP contribution < -0.4 is 0 Å². The van der Waals surface area contributed by atoms with Crippen LogP contribution in [0.25, 0.3) is 0 Å². The first-order chi connectivity index (χ1) is 8.61. The topological polar surface area (TPSA) is 0 Å². The van der Waals surface area contributed by atoms with Crippen LogP contribution in [0.4, 0.5) is 0 Å². The maximum Gasteiger partial charge on any atom is 0.0854 e. The number of rotatable bonds is 4. The SMILES string of the molecule is CCCc1ccc(C(Cl)c2cc(Br)sc2Br)cc1. The van der Waals surface area contributed by atoms with Crippen LogP contribution in [0, 0.1) is 0 Å². The molecule has 1 atom stereocenters. The molecule has 4 heteroatoms. The van der Waals surface area contributed by atoms with Crippen molar-refractivity contribution in [2.75, 3.05) is 0 Å². The zero-order chi connectivity index (χ0) is 13.1. The van der Waals surface area contributed by atoms with Gasteiger partial charge in [0.15, 0.2) is 0 Å². The third kappa shape index (κ3) is 3.38. The number of hydrogen-bond acceptors (Lipinski definition) is 1. The fraction of sp³-hybridized carbons (Fsp3) is 0.286. The van der Waals surface area contributed by atoms with Gasteiger partial charge in [-0.15, -0.1) is 22.9 Å². The monoisotopic (exact) mass is 406 g/mol. The summed E-state index contributed by atoms with van der Waals surface area (Å²) in [5, 5.41) is -0.0994. The molecule has 0 fully saturated rings. The summed E-state index contributed by atoms with van der Waals surface area (Å²) >= 11 is 15.2. The molecule has 0 radical (unpaired) electrons. The molecule has 0 aliphatic heterocycles. The minimum absolute atomic E-state index is 0.0994. The van der Waals surface area contributed by atoms with Crippen LogP contribution in [0.2, 0.25) is 0 Å². The quantitative estimate of drug-likeness (QED) is 0.503. The minimum Gasteiger partial charge on any atom is -0.121 e. The first kappa shape index (κ1) is 14.6. The molecule has 0 N–H and O–H groups in total. The van der Waals surface area contributed by atoms with E-state index in [4.69, 9.17) is 11.6 Å². The zero-order valence-corrected chi connectivity index (χ0v) is 14.7. The van der Waals surface area contributed by atoms with Gasteiger partial charge in [0.1, 0.15) is 0 Å². The summed E-state index contributed by atoms with van der Waals surface area (Å²) in [4.78, 5) is 0. The third-order valence-corrected chi connectivity index (χ3v) is 5.64. The van der Waals surface area contributed by atoms with Gasteiger partial charge in [-0.2, -0.15) is 0 Å². The van der Waals surface area contributed by atoms with E-state index in [2.05, 4.69) is 69.1 Å². The van der Waals surface area contributed by atoms with E-state index < -0.39 is 0 Å². The second-order valence-corrected chi connectivity index (χ2v) is 8.32. The van der Waals surface area contributed by atoms with Crippen molar-refractivity contribution in [3.05, 3.63) is 54.6 Å². The largest absolute Gasteiger partial charge is 0.121 e. The third-order valence-electron chi connectivity index (χ3n) is 2.77. The molecular weight excluding hydrogens is 395 g/mol. The average molecular weight is 409 g/mol.